The Bertz CT molecular complexity index is 138. The molecule has 0 spiro atoms. The maximum atomic E-state index is 9.65. The lowest BCUT2D eigenvalue weighted by atomic mass is 10.4. The van der Waals surface area contributed by atoms with Crippen molar-refractivity contribution < 1.29 is 4.92 Å². The van der Waals surface area contributed by atoms with Gasteiger partial charge in [-0.15, -0.1) is 0 Å². The molecule has 0 N–H and O–H groups in total. The highest BCUT2D eigenvalue weighted by atomic mass is 16.6. The number of nitro groups is 1. The van der Waals surface area contributed by atoms with Crippen molar-refractivity contribution in [2.24, 2.45) is 0 Å². The van der Waals surface area contributed by atoms with Gasteiger partial charge in [-0.3, -0.25) is 10.1 Å². The van der Waals surface area contributed by atoms with E-state index in [1.165, 1.54) is 6.08 Å². The second kappa shape index (κ2) is 5.03. The normalized spacial score (nSPS) is 11.2. The smallest absolute Gasteiger partial charge is 0.234 e. The van der Waals surface area contributed by atoms with Crippen molar-refractivity contribution in [1.82, 2.24) is 0 Å². The van der Waals surface area contributed by atoms with Crippen LogP contribution in [0.1, 0.15) is 13.3 Å². The lowest BCUT2D eigenvalue weighted by Gasteiger charge is -1.73. The topological polar surface area (TPSA) is 43.1 Å². The second-order valence-corrected chi connectivity index (χ2v) is 1.46. The van der Waals surface area contributed by atoms with Crippen LogP contribution in [-0.2, 0) is 0 Å². The molecule has 0 aliphatic heterocycles. The van der Waals surface area contributed by atoms with Crippen molar-refractivity contribution in [3.8, 4) is 0 Å². The minimum atomic E-state index is -0.486. The van der Waals surface area contributed by atoms with Crippen molar-refractivity contribution in [1.29, 1.82) is 0 Å². The van der Waals surface area contributed by atoms with Gasteiger partial charge in [0.15, 0.2) is 0 Å². The van der Waals surface area contributed by atoms with E-state index < -0.39 is 4.92 Å². The molecule has 0 bridgehead atoms. The number of hydrogen-bond donors (Lipinski definition) is 0. The molecule has 0 aromatic rings. The molecule has 0 fully saturated rings. The molecule has 3 heteroatoms. The minimum Gasteiger partial charge on any atom is -0.259 e. The Morgan fingerprint density at radius 3 is 2.67 bits per heavy atom. The summed E-state index contributed by atoms with van der Waals surface area (Å²) in [6, 6.07) is 0. The fraction of sp³-hybridized carbons (Fsp3) is 0.333. The first-order valence-corrected chi connectivity index (χ1v) is 2.74. The van der Waals surface area contributed by atoms with Gasteiger partial charge in [-0.25, -0.2) is 0 Å². The van der Waals surface area contributed by atoms with Crippen LogP contribution in [0.2, 0.25) is 0 Å². The molecule has 0 amide bonds. The fourth-order valence-corrected chi connectivity index (χ4v) is 0.335. The third-order valence-corrected chi connectivity index (χ3v) is 0.691. The van der Waals surface area contributed by atoms with Crippen LogP contribution in [0.4, 0.5) is 0 Å². The van der Waals surface area contributed by atoms with Crippen molar-refractivity contribution >= 4 is 0 Å². The maximum Gasteiger partial charge on any atom is 0.234 e. The SMILES string of the molecule is CCC=CC=C[N+](=O)[O-]. The van der Waals surface area contributed by atoms with Crippen molar-refractivity contribution in [2.45, 2.75) is 13.3 Å². The zero-order valence-corrected chi connectivity index (χ0v) is 5.28. The third-order valence-electron chi connectivity index (χ3n) is 0.691. The molecule has 0 radical (unpaired) electrons. The third kappa shape index (κ3) is 6.88. The average molecular weight is 127 g/mol. The molecule has 0 saturated heterocycles. The van der Waals surface area contributed by atoms with E-state index in [1.807, 2.05) is 13.0 Å². The Kier molecular flexibility index (Phi) is 4.40. The van der Waals surface area contributed by atoms with Crippen LogP contribution in [0.15, 0.2) is 24.4 Å². The van der Waals surface area contributed by atoms with Gasteiger partial charge in [-0.1, -0.05) is 19.1 Å². The van der Waals surface area contributed by atoms with Crippen molar-refractivity contribution in [3.05, 3.63) is 34.5 Å². The molecule has 0 saturated carbocycles. The van der Waals surface area contributed by atoms with Crippen LogP contribution in [0.25, 0.3) is 0 Å². The highest BCUT2D eigenvalue weighted by Crippen LogP contribution is 1.81. The highest BCUT2D eigenvalue weighted by molar-refractivity contribution is 4.98. The number of rotatable bonds is 3. The van der Waals surface area contributed by atoms with Gasteiger partial charge in [0.05, 0.1) is 4.92 Å². The Balaban J connectivity index is 3.47. The first-order valence-electron chi connectivity index (χ1n) is 2.74. The lowest BCUT2D eigenvalue weighted by molar-refractivity contribution is -0.402. The van der Waals surface area contributed by atoms with E-state index in [-0.39, 0.29) is 0 Å². The first-order chi connectivity index (χ1) is 4.27. The van der Waals surface area contributed by atoms with Gasteiger partial charge in [0, 0.05) is 6.08 Å². The van der Waals surface area contributed by atoms with Gasteiger partial charge in [0.25, 0.3) is 0 Å². The Morgan fingerprint density at radius 1 is 1.56 bits per heavy atom. The summed E-state index contributed by atoms with van der Waals surface area (Å²) in [7, 11) is 0. The molecule has 0 heterocycles. The van der Waals surface area contributed by atoms with E-state index in [0.717, 1.165) is 12.6 Å². The molecule has 0 aromatic heterocycles. The zero-order valence-electron chi connectivity index (χ0n) is 5.28. The molecule has 0 rings (SSSR count). The van der Waals surface area contributed by atoms with Crippen molar-refractivity contribution in [3.63, 3.8) is 0 Å². The summed E-state index contributed by atoms with van der Waals surface area (Å²) in [5, 5.41) is 9.65. The van der Waals surface area contributed by atoms with Crippen LogP contribution in [0.3, 0.4) is 0 Å². The second-order valence-electron chi connectivity index (χ2n) is 1.46. The number of allylic oxidation sites excluding steroid dienone is 3. The van der Waals surface area contributed by atoms with E-state index in [4.69, 9.17) is 0 Å². The summed E-state index contributed by atoms with van der Waals surface area (Å²) in [6.45, 7) is 1.97. The van der Waals surface area contributed by atoms with Crippen molar-refractivity contribution in [2.75, 3.05) is 0 Å². The Morgan fingerprint density at radius 2 is 2.22 bits per heavy atom. The van der Waals surface area contributed by atoms with Gasteiger partial charge in [0.2, 0.25) is 6.20 Å². The van der Waals surface area contributed by atoms with Gasteiger partial charge in [-0.05, 0) is 6.42 Å². The molecule has 0 atom stereocenters. The highest BCUT2D eigenvalue weighted by Gasteiger charge is 1.77. The summed E-state index contributed by atoms with van der Waals surface area (Å²) in [5.41, 5.74) is 0. The molecule has 50 valence electrons. The zero-order chi connectivity index (χ0) is 7.11. The summed E-state index contributed by atoms with van der Waals surface area (Å²) in [4.78, 5) is 9.16. The lowest BCUT2D eigenvalue weighted by Crippen LogP contribution is -1.80. The average Bonchev–Trinajstić information content (AvgIpc) is 1.80. The summed E-state index contributed by atoms with van der Waals surface area (Å²) in [5.74, 6) is 0. The molecule has 0 aliphatic rings. The molecular formula is C6H9NO2. The summed E-state index contributed by atoms with van der Waals surface area (Å²) >= 11 is 0. The molecule has 0 aliphatic carbocycles. The van der Waals surface area contributed by atoms with E-state index >= 15 is 0 Å². The molecule has 3 nitrogen and oxygen atoms in total. The first kappa shape index (κ1) is 7.88. The monoisotopic (exact) mass is 127 g/mol. The molecule has 9 heavy (non-hydrogen) atoms. The largest absolute Gasteiger partial charge is 0.259 e. The summed E-state index contributed by atoms with van der Waals surface area (Å²) in [6.07, 6.45) is 6.72. The predicted molar refractivity (Wildman–Crippen MR) is 35.6 cm³/mol. The van der Waals surface area contributed by atoms with Gasteiger partial charge >= 0.3 is 0 Å². The minimum absolute atomic E-state index is 0.486. The Hall–Kier alpha value is -1.12. The van der Waals surface area contributed by atoms with Crippen LogP contribution in [0, 0.1) is 10.1 Å². The van der Waals surface area contributed by atoms with Crippen LogP contribution in [0.5, 0.6) is 0 Å². The van der Waals surface area contributed by atoms with Gasteiger partial charge in [-0.2, -0.15) is 0 Å². The number of hydrogen-bond acceptors (Lipinski definition) is 2. The molecule has 0 unspecified atom stereocenters. The fourth-order valence-electron chi connectivity index (χ4n) is 0.335. The number of nitrogens with zero attached hydrogens (tertiary/aromatic N) is 1. The van der Waals surface area contributed by atoms with Crippen LogP contribution >= 0.6 is 0 Å². The molecule has 0 aromatic carbocycles. The van der Waals surface area contributed by atoms with E-state index in [1.54, 1.807) is 6.08 Å². The van der Waals surface area contributed by atoms with E-state index in [9.17, 15) is 10.1 Å². The van der Waals surface area contributed by atoms with Crippen LogP contribution < -0.4 is 0 Å². The maximum absolute atomic E-state index is 9.65. The quantitative estimate of drug-likeness (QED) is 0.329. The Labute approximate surface area is 53.8 Å². The van der Waals surface area contributed by atoms with Gasteiger partial charge < -0.3 is 0 Å². The predicted octanol–water partition coefficient (Wildman–Crippen LogP) is 1.74. The van der Waals surface area contributed by atoms with E-state index in [0.29, 0.717) is 0 Å². The van der Waals surface area contributed by atoms with Gasteiger partial charge in [0.1, 0.15) is 0 Å². The summed E-state index contributed by atoms with van der Waals surface area (Å²) < 4.78 is 0. The molecular weight excluding hydrogens is 118 g/mol. The standard InChI is InChI=1S/C6H9NO2/c1-2-3-4-5-6-7(8)9/h3-6H,2H2,1H3. The van der Waals surface area contributed by atoms with E-state index in [2.05, 4.69) is 0 Å². The van der Waals surface area contributed by atoms with Crippen LogP contribution in [-0.4, -0.2) is 4.92 Å².